The van der Waals surface area contributed by atoms with Crippen molar-refractivity contribution in [2.45, 2.75) is 58.7 Å². The molecule has 1 aromatic heterocycles. The fraction of sp³-hybridized carbons (Fsp3) is 0.500. The lowest BCUT2D eigenvalue weighted by molar-refractivity contribution is 0.614. The zero-order chi connectivity index (χ0) is 17.5. The highest BCUT2D eigenvalue weighted by molar-refractivity contribution is 14.0. The smallest absolute Gasteiger partial charge is 0.191 e. The molecular weight excluding hydrogens is 437 g/mol. The van der Waals surface area contributed by atoms with Crippen LogP contribution in [-0.2, 0) is 13.1 Å². The van der Waals surface area contributed by atoms with Crippen molar-refractivity contribution in [2.24, 2.45) is 4.99 Å². The first-order chi connectivity index (χ1) is 12.2. The molecule has 3 rings (SSSR count). The number of hydrogen-bond donors (Lipinski definition) is 2. The Kier molecular flexibility index (Phi) is 8.41. The maximum absolute atomic E-state index is 4.78. The standard InChI is InChI=1S/C20H29N5.HI/c1-3-21-20(24-19-9-4-5-10-19)23-14-17-7-6-8-18(13-17)15-25-12-11-22-16(25)2;/h6-8,11-13,19H,3-5,9-10,14-15H2,1-2H3,(H2,21,23,24);1H. The van der Waals surface area contributed by atoms with Gasteiger partial charge in [-0.3, -0.25) is 0 Å². The second-order valence-electron chi connectivity index (χ2n) is 6.74. The number of nitrogens with zero attached hydrogens (tertiary/aromatic N) is 3. The van der Waals surface area contributed by atoms with E-state index in [1.165, 1.54) is 36.8 Å². The Morgan fingerprint density at radius 1 is 1.27 bits per heavy atom. The van der Waals surface area contributed by atoms with Gasteiger partial charge >= 0.3 is 0 Å². The first kappa shape index (κ1) is 20.7. The molecule has 0 saturated heterocycles. The Morgan fingerprint density at radius 3 is 2.73 bits per heavy atom. The highest BCUT2D eigenvalue weighted by Crippen LogP contribution is 2.17. The summed E-state index contributed by atoms with van der Waals surface area (Å²) < 4.78 is 2.16. The van der Waals surface area contributed by atoms with Gasteiger partial charge in [0.05, 0.1) is 6.54 Å². The van der Waals surface area contributed by atoms with Crippen LogP contribution in [0.15, 0.2) is 41.7 Å². The van der Waals surface area contributed by atoms with Crippen molar-refractivity contribution in [3.63, 3.8) is 0 Å². The van der Waals surface area contributed by atoms with E-state index >= 15 is 0 Å². The van der Waals surface area contributed by atoms with Crippen molar-refractivity contribution in [3.8, 4) is 0 Å². The van der Waals surface area contributed by atoms with Crippen molar-refractivity contribution >= 4 is 29.9 Å². The molecule has 0 spiro atoms. The number of aliphatic imine (C=N–C) groups is 1. The average molecular weight is 467 g/mol. The zero-order valence-corrected chi connectivity index (χ0v) is 18.1. The predicted molar refractivity (Wildman–Crippen MR) is 118 cm³/mol. The van der Waals surface area contributed by atoms with Crippen molar-refractivity contribution in [2.75, 3.05) is 6.54 Å². The van der Waals surface area contributed by atoms with Gasteiger partial charge in [-0.05, 0) is 37.8 Å². The van der Waals surface area contributed by atoms with Gasteiger partial charge in [0, 0.05) is 31.5 Å². The minimum Gasteiger partial charge on any atom is -0.357 e. The lowest BCUT2D eigenvalue weighted by atomic mass is 10.1. The Balaban J connectivity index is 0.00000243. The first-order valence-electron chi connectivity index (χ1n) is 9.35. The molecule has 142 valence electrons. The number of nitrogens with one attached hydrogen (secondary N) is 2. The number of hydrogen-bond acceptors (Lipinski definition) is 2. The Hall–Kier alpha value is -1.57. The van der Waals surface area contributed by atoms with E-state index in [0.717, 1.165) is 24.9 Å². The largest absolute Gasteiger partial charge is 0.357 e. The van der Waals surface area contributed by atoms with Crippen molar-refractivity contribution in [1.29, 1.82) is 0 Å². The third kappa shape index (κ3) is 6.00. The van der Waals surface area contributed by atoms with Crippen LogP contribution in [0.5, 0.6) is 0 Å². The van der Waals surface area contributed by atoms with E-state index in [-0.39, 0.29) is 24.0 Å². The van der Waals surface area contributed by atoms with Gasteiger partial charge < -0.3 is 15.2 Å². The summed E-state index contributed by atoms with van der Waals surface area (Å²) in [6.45, 7) is 6.58. The maximum atomic E-state index is 4.78. The summed E-state index contributed by atoms with van der Waals surface area (Å²) in [5, 5.41) is 6.94. The molecule has 0 radical (unpaired) electrons. The van der Waals surface area contributed by atoms with Gasteiger partial charge in [-0.1, -0.05) is 37.1 Å². The fourth-order valence-corrected chi connectivity index (χ4v) is 3.35. The van der Waals surface area contributed by atoms with E-state index in [2.05, 4.69) is 51.4 Å². The molecule has 0 amide bonds. The molecule has 2 N–H and O–H groups in total. The molecule has 1 saturated carbocycles. The van der Waals surface area contributed by atoms with E-state index in [4.69, 9.17) is 4.99 Å². The molecule has 1 heterocycles. The van der Waals surface area contributed by atoms with Crippen LogP contribution >= 0.6 is 24.0 Å². The Morgan fingerprint density at radius 2 is 2.04 bits per heavy atom. The fourth-order valence-electron chi connectivity index (χ4n) is 3.35. The van der Waals surface area contributed by atoms with Crippen LogP contribution in [0.4, 0.5) is 0 Å². The molecule has 2 aromatic rings. The molecule has 0 atom stereocenters. The third-order valence-electron chi connectivity index (χ3n) is 4.73. The molecule has 0 unspecified atom stereocenters. The minimum absolute atomic E-state index is 0. The lowest BCUT2D eigenvalue weighted by Crippen LogP contribution is -2.42. The summed E-state index contributed by atoms with van der Waals surface area (Å²) in [7, 11) is 0. The molecular formula is C20H30IN5. The summed E-state index contributed by atoms with van der Waals surface area (Å²) in [5.41, 5.74) is 2.52. The van der Waals surface area contributed by atoms with Gasteiger partial charge in [-0.25, -0.2) is 9.98 Å². The highest BCUT2D eigenvalue weighted by atomic mass is 127. The van der Waals surface area contributed by atoms with Crippen LogP contribution < -0.4 is 10.6 Å². The summed E-state index contributed by atoms with van der Waals surface area (Å²) >= 11 is 0. The first-order valence-corrected chi connectivity index (χ1v) is 9.35. The molecule has 0 bridgehead atoms. The molecule has 1 aromatic carbocycles. The lowest BCUT2D eigenvalue weighted by Gasteiger charge is -2.16. The van der Waals surface area contributed by atoms with Gasteiger partial charge in [0.15, 0.2) is 5.96 Å². The highest BCUT2D eigenvalue weighted by Gasteiger charge is 2.15. The minimum atomic E-state index is 0. The Labute approximate surface area is 173 Å². The summed E-state index contributed by atoms with van der Waals surface area (Å²) in [5.74, 6) is 1.98. The van der Waals surface area contributed by atoms with E-state index in [9.17, 15) is 0 Å². The molecule has 6 heteroatoms. The second kappa shape index (κ2) is 10.5. The zero-order valence-electron chi connectivity index (χ0n) is 15.7. The maximum Gasteiger partial charge on any atom is 0.191 e. The van der Waals surface area contributed by atoms with Crippen LogP contribution in [0.3, 0.4) is 0 Å². The van der Waals surface area contributed by atoms with Crippen LogP contribution in [0.25, 0.3) is 0 Å². The molecule has 5 nitrogen and oxygen atoms in total. The number of rotatable bonds is 6. The number of imidazole rings is 1. The number of aryl methyl sites for hydroxylation is 1. The number of aromatic nitrogens is 2. The topological polar surface area (TPSA) is 54.2 Å². The summed E-state index contributed by atoms with van der Waals surface area (Å²) in [4.78, 5) is 9.07. The van der Waals surface area contributed by atoms with Gasteiger partial charge in [0.25, 0.3) is 0 Å². The molecule has 1 aliphatic carbocycles. The number of benzene rings is 1. The van der Waals surface area contributed by atoms with Crippen LogP contribution in [0.1, 0.15) is 49.6 Å². The monoisotopic (exact) mass is 467 g/mol. The molecule has 26 heavy (non-hydrogen) atoms. The molecule has 1 fully saturated rings. The summed E-state index contributed by atoms with van der Waals surface area (Å²) in [6.07, 6.45) is 9.03. The van der Waals surface area contributed by atoms with Crippen LogP contribution in [0, 0.1) is 6.92 Å². The quantitative estimate of drug-likeness (QED) is 0.386. The normalized spacial score (nSPS) is 14.9. The number of halogens is 1. The van der Waals surface area contributed by atoms with Crippen LogP contribution in [0.2, 0.25) is 0 Å². The van der Waals surface area contributed by atoms with E-state index in [1.807, 2.05) is 19.3 Å². The van der Waals surface area contributed by atoms with Gasteiger partial charge in [-0.2, -0.15) is 0 Å². The van der Waals surface area contributed by atoms with E-state index in [1.54, 1.807) is 0 Å². The second-order valence-corrected chi connectivity index (χ2v) is 6.74. The third-order valence-corrected chi connectivity index (χ3v) is 4.73. The van der Waals surface area contributed by atoms with E-state index < -0.39 is 0 Å². The van der Waals surface area contributed by atoms with Crippen molar-refractivity contribution in [3.05, 3.63) is 53.6 Å². The predicted octanol–water partition coefficient (Wildman–Crippen LogP) is 3.86. The van der Waals surface area contributed by atoms with Crippen molar-refractivity contribution < 1.29 is 0 Å². The van der Waals surface area contributed by atoms with Gasteiger partial charge in [0.2, 0.25) is 0 Å². The van der Waals surface area contributed by atoms with Gasteiger partial charge in [-0.15, -0.1) is 24.0 Å². The Bertz CT molecular complexity index is 704. The molecule has 0 aliphatic heterocycles. The van der Waals surface area contributed by atoms with Crippen LogP contribution in [-0.4, -0.2) is 28.1 Å². The van der Waals surface area contributed by atoms with Crippen molar-refractivity contribution in [1.82, 2.24) is 20.2 Å². The molecule has 1 aliphatic rings. The SMILES string of the molecule is CCNC(=NCc1cccc(Cn2ccnc2C)c1)NC1CCCC1.I. The average Bonchev–Trinajstić information content (AvgIpc) is 3.26. The number of guanidine groups is 1. The van der Waals surface area contributed by atoms with E-state index in [0.29, 0.717) is 12.6 Å². The van der Waals surface area contributed by atoms with Gasteiger partial charge in [0.1, 0.15) is 5.82 Å². The summed E-state index contributed by atoms with van der Waals surface area (Å²) in [6, 6.07) is 9.24.